The summed E-state index contributed by atoms with van der Waals surface area (Å²) in [5, 5.41) is 14.3. The van der Waals surface area contributed by atoms with E-state index < -0.39 is 12.1 Å². The average molecular weight is 339 g/mol. The minimum atomic E-state index is -0.606. The van der Waals surface area contributed by atoms with Crippen molar-refractivity contribution in [3.8, 4) is 0 Å². The van der Waals surface area contributed by atoms with Crippen LogP contribution >= 0.6 is 0 Å². The van der Waals surface area contributed by atoms with Gasteiger partial charge in [-0.1, -0.05) is 6.07 Å². The molecule has 0 aliphatic carbocycles. The Balaban J connectivity index is 1.93. The van der Waals surface area contributed by atoms with Gasteiger partial charge in [-0.25, -0.2) is 9.18 Å². The van der Waals surface area contributed by atoms with Crippen molar-refractivity contribution in [1.82, 2.24) is 10.6 Å². The summed E-state index contributed by atoms with van der Waals surface area (Å²) in [5.41, 5.74) is 1.23. The predicted octanol–water partition coefficient (Wildman–Crippen LogP) is 1.62. The van der Waals surface area contributed by atoms with Gasteiger partial charge in [0.05, 0.1) is 24.0 Å². The summed E-state index contributed by atoms with van der Waals surface area (Å²) in [6.07, 6.45) is -0.481. The maximum atomic E-state index is 14.4. The van der Waals surface area contributed by atoms with Crippen LogP contribution in [0.4, 0.5) is 14.9 Å². The number of hydrogen-bond acceptors (Lipinski definition) is 4. The molecule has 3 unspecified atom stereocenters. The Hall–Kier alpha value is -1.86. The highest BCUT2D eigenvalue weighted by Crippen LogP contribution is 2.24. The van der Waals surface area contributed by atoms with Crippen LogP contribution in [0, 0.1) is 5.82 Å². The van der Waals surface area contributed by atoms with E-state index in [2.05, 4.69) is 10.6 Å². The molecule has 1 aliphatic heterocycles. The molecule has 24 heavy (non-hydrogen) atoms. The van der Waals surface area contributed by atoms with Crippen molar-refractivity contribution in [3.05, 3.63) is 29.6 Å². The molecule has 3 N–H and O–H groups in total. The summed E-state index contributed by atoms with van der Waals surface area (Å²) >= 11 is 0. The summed E-state index contributed by atoms with van der Waals surface area (Å²) in [5.74, 6) is -0.306. The molecule has 7 heteroatoms. The van der Waals surface area contributed by atoms with E-state index in [1.807, 2.05) is 18.7 Å². The van der Waals surface area contributed by atoms with Gasteiger partial charge in [0.2, 0.25) is 0 Å². The van der Waals surface area contributed by atoms with Crippen molar-refractivity contribution < 1.29 is 19.0 Å². The van der Waals surface area contributed by atoms with Gasteiger partial charge >= 0.3 is 6.03 Å². The lowest BCUT2D eigenvalue weighted by Crippen LogP contribution is -2.45. The Kier molecular flexibility index (Phi) is 6.39. The second kappa shape index (κ2) is 8.30. The summed E-state index contributed by atoms with van der Waals surface area (Å²) in [4.78, 5) is 13.5. The van der Waals surface area contributed by atoms with E-state index in [0.29, 0.717) is 24.3 Å². The molecule has 0 bridgehead atoms. The van der Waals surface area contributed by atoms with Crippen LogP contribution in [0.25, 0.3) is 0 Å². The fourth-order valence-corrected chi connectivity index (χ4v) is 2.78. The number of morpholine rings is 1. The third kappa shape index (κ3) is 5.35. The number of halogens is 1. The fourth-order valence-electron chi connectivity index (χ4n) is 2.78. The number of amides is 2. The topological polar surface area (TPSA) is 73.8 Å². The molecule has 2 amide bonds. The van der Waals surface area contributed by atoms with E-state index in [0.717, 1.165) is 0 Å². The molecule has 2 rings (SSSR count). The number of rotatable bonds is 5. The third-order valence-electron chi connectivity index (χ3n) is 3.78. The number of anilines is 1. The molecule has 0 radical (unpaired) electrons. The van der Waals surface area contributed by atoms with Crippen molar-refractivity contribution in [2.24, 2.45) is 0 Å². The number of aliphatic hydroxyl groups excluding tert-OH is 1. The first-order chi connectivity index (χ1) is 11.3. The van der Waals surface area contributed by atoms with Gasteiger partial charge in [-0.15, -0.1) is 0 Å². The summed E-state index contributed by atoms with van der Waals surface area (Å²) < 4.78 is 20.1. The van der Waals surface area contributed by atoms with Gasteiger partial charge in [-0.2, -0.15) is 0 Å². The Labute approximate surface area is 142 Å². The van der Waals surface area contributed by atoms with Crippen LogP contribution in [0.3, 0.4) is 0 Å². The summed E-state index contributed by atoms with van der Waals surface area (Å²) in [7, 11) is 0. The van der Waals surface area contributed by atoms with E-state index in [9.17, 15) is 9.18 Å². The van der Waals surface area contributed by atoms with Gasteiger partial charge in [-0.05, 0) is 38.5 Å². The van der Waals surface area contributed by atoms with Crippen LogP contribution in [-0.2, 0) is 11.3 Å². The molecule has 1 aromatic carbocycles. The molecule has 0 aromatic heterocycles. The first-order valence-corrected chi connectivity index (χ1v) is 8.23. The van der Waals surface area contributed by atoms with E-state index in [4.69, 9.17) is 9.84 Å². The highest BCUT2D eigenvalue weighted by Gasteiger charge is 2.24. The highest BCUT2D eigenvalue weighted by atomic mass is 19.1. The van der Waals surface area contributed by atoms with Crippen LogP contribution in [0.1, 0.15) is 26.3 Å². The maximum Gasteiger partial charge on any atom is 0.315 e. The van der Waals surface area contributed by atoms with E-state index in [-0.39, 0.29) is 31.1 Å². The highest BCUT2D eigenvalue weighted by molar-refractivity contribution is 5.73. The largest absolute Gasteiger partial charge is 0.392 e. The van der Waals surface area contributed by atoms with Gasteiger partial charge in [0.25, 0.3) is 0 Å². The number of carbonyl (C=O) groups is 1. The van der Waals surface area contributed by atoms with Crippen molar-refractivity contribution in [2.45, 2.75) is 45.6 Å². The third-order valence-corrected chi connectivity index (χ3v) is 3.78. The number of nitrogens with zero attached hydrogens (tertiary/aromatic N) is 1. The van der Waals surface area contributed by atoms with Crippen molar-refractivity contribution in [1.29, 1.82) is 0 Å². The van der Waals surface area contributed by atoms with Crippen molar-refractivity contribution in [2.75, 3.05) is 24.5 Å². The number of benzene rings is 1. The molecule has 134 valence electrons. The SMILES string of the molecule is CC(O)CNC(=O)NCc1ccc(N2CC(C)OC(C)C2)c(F)c1. The van der Waals surface area contributed by atoms with Gasteiger partial charge in [-0.3, -0.25) is 0 Å². The molecular weight excluding hydrogens is 313 g/mol. The zero-order valence-corrected chi connectivity index (χ0v) is 14.4. The average Bonchev–Trinajstić information content (AvgIpc) is 2.50. The monoisotopic (exact) mass is 339 g/mol. The normalized spacial score (nSPS) is 22.1. The number of ether oxygens (including phenoxy) is 1. The molecule has 0 saturated carbocycles. The predicted molar refractivity (Wildman–Crippen MR) is 90.5 cm³/mol. The molecule has 3 atom stereocenters. The lowest BCUT2D eigenvalue weighted by molar-refractivity contribution is -0.00539. The minimum absolute atomic E-state index is 0.0621. The molecule has 1 saturated heterocycles. The number of urea groups is 1. The molecule has 1 aromatic rings. The molecule has 1 aliphatic rings. The fraction of sp³-hybridized carbons (Fsp3) is 0.588. The van der Waals surface area contributed by atoms with Gasteiger partial charge in [0, 0.05) is 26.2 Å². The van der Waals surface area contributed by atoms with Crippen LogP contribution in [0.5, 0.6) is 0 Å². The molecule has 1 heterocycles. The van der Waals surface area contributed by atoms with E-state index >= 15 is 0 Å². The Morgan fingerprint density at radius 3 is 2.62 bits per heavy atom. The summed E-state index contributed by atoms with van der Waals surface area (Å²) in [6.45, 7) is 7.24. The Bertz CT molecular complexity index is 558. The second-order valence-corrected chi connectivity index (χ2v) is 6.36. The van der Waals surface area contributed by atoms with Crippen LogP contribution < -0.4 is 15.5 Å². The van der Waals surface area contributed by atoms with Crippen LogP contribution in [0.2, 0.25) is 0 Å². The van der Waals surface area contributed by atoms with Crippen molar-refractivity contribution >= 4 is 11.7 Å². The first kappa shape index (κ1) is 18.5. The minimum Gasteiger partial charge on any atom is -0.392 e. The lowest BCUT2D eigenvalue weighted by atomic mass is 10.1. The quantitative estimate of drug-likeness (QED) is 0.762. The second-order valence-electron chi connectivity index (χ2n) is 6.36. The zero-order chi connectivity index (χ0) is 17.7. The molecule has 6 nitrogen and oxygen atoms in total. The van der Waals surface area contributed by atoms with Gasteiger partial charge in [0.1, 0.15) is 5.82 Å². The van der Waals surface area contributed by atoms with Crippen molar-refractivity contribution in [3.63, 3.8) is 0 Å². The first-order valence-electron chi connectivity index (χ1n) is 8.23. The number of nitrogens with one attached hydrogen (secondary N) is 2. The number of aliphatic hydroxyl groups is 1. The Morgan fingerprint density at radius 2 is 2.04 bits per heavy atom. The van der Waals surface area contributed by atoms with E-state index in [1.54, 1.807) is 19.1 Å². The Morgan fingerprint density at radius 1 is 1.38 bits per heavy atom. The zero-order valence-electron chi connectivity index (χ0n) is 14.4. The number of hydrogen-bond donors (Lipinski definition) is 3. The van der Waals surface area contributed by atoms with Crippen LogP contribution in [0.15, 0.2) is 18.2 Å². The van der Waals surface area contributed by atoms with Gasteiger partial charge < -0.3 is 25.4 Å². The lowest BCUT2D eigenvalue weighted by Gasteiger charge is -2.37. The van der Waals surface area contributed by atoms with Crippen LogP contribution in [-0.4, -0.2) is 49.1 Å². The summed E-state index contributed by atoms with van der Waals surface area (Å²) in [6, 6.07) is 4.59. The molecular formula is C17H26FN3O3. The van der Waals surface area contributed by atoms with Gasteiger partial charge in [0.15, 0.2) is 0 Å². The smallest absolute Gasteiger partial charge is 0.315 e. The number of carbonyl (C=O) groups excluding carboxylic acids is 1. The molecule has 1 fully saturated rings. The maximum absolute atomic E-state index is 14.4. The van der Waals surface area contributed by atoms with E-state index in [1.165, 1.54) is 6.07 Å². The standard InChI is InChI=1S/C17H26FN3O3/c1-11(22)7-19-17(23)20-8-14-4-5-16(15(18)6-14)21-9-12(2)24-13(3)10-21/h4-6,11-13,22H,7-10H2,1-3H3,(H2,19,20,23). The molecule has 0 spiro atoms.